The van der Waals surface area contributed by atoms with Crippen molar-refractivity contribution in [2.24, 2.45) is 0 Å². The Labute approximate surface area is 198 Å². The van der Waals surface area contributed by atoms with Gasteiger partial charge in [-0.1, -0.05) is 36.0 Å². The molecule has 10 heteroatoms. The second kappa shape index (κ2) is 11.4. The molecule has 0 saturated heterocycles. The van der Waals surface area contributed by atoms with Crippen molar-refractivity contribution in [3.05, 3.63) is 59.7 Å². The first kappa shape index (κ1) is 24.9. The number of aromatic nitrogens is 2. The van der Waals surface area contributed by atoms with Gasteiger partial charge in [-0.25, -0.2) is 13.1 Å². The summed E-state index contributed by atoms with van der Waals surface area (Å²) in [4.78, 5) is 14.8. The number of hydrogen-bond donors (Lipinski definition) is 1. The fourth-order valence-electron chi connectivity index (χ4n) is 3.24. The summed E-state index contributed by atoms with van der Waals surface area (Å²) in [5, 5.41) is 8.48. The molecule has 3 aromatic rings. The van der Waals surface area contributed by atoms with Crippen molar-refractivity contribution in [1.82, 2.24) is 14.9 Å². The molecule has 0 aliphatic carbocycles. The van der Waals surface area contributed by atoms with Gasteiger partial charge in [0.05, 0.1) is 12.0 Å². The van der Waals surface area contributed by atoms with Crippen molar-refractivity contribution in [3.8, 4) is 11.5 Å². The van der Waals surface area contributed by atoms with Crippen molar-refractivity contribution in [2.75, 3.05) is 36.5 Å². The van der Waals surface area contributed by atoms with Crippen LogP contribution in [0.5, 0.6) is 0 Å². The molecule has 0 unspecified atom stereocenters. The summed E-state index contributed by atoms with van der Waals surface area (Å²) in [5.74, 6) is 0.546. The van der Waals surface area contributed by atoms with Gasteiger partial charge in [0.15, 0.2) is 5.78 Å². The van der Waals surface area contributed by atoms with Crippen LogP contribution in [0.25, 0.3) is 11.5 Å². The Morgan fingerprint density at radius 3 is 2.30 bits per heavy atom. The lowest BCUT2D eigenvalue weighted by molar-refractivity contribution is 0.102. The zero-order valence-electron chi connectivity index (χ0n) is 18.9. The average molecular weight is 489 g/mol. The Bertz CT molecular complexity index is 1160. The Balaban J connectivity index is 1.53. The van der Waals surface area contributed by atoms with E-state index < -0.39 is 10.0 Å². The molecular formula is C23H28N4O4S2. The topological polar surface area (TPSA) is 105 Å². The smallest absolute Gasteiger partial charge is 0.277 e. The minimum Gasteiger partial charge on any atom is -0.411 e. The molecule has 2 aromatic carbocycles. The maximum Gasteiger partial charge on any atom is 0.277 e. The zero-order chi connectivity index (χ0) is 23.8. The molecule has 0 aliphatic heterocycles. The van der Waals surface area contributed by atoms with E-state index in [4.69, 9.17) is 4.42 Å². The third-order valence-corrected chi connectivity index (χ3v) is 6.58. The summed E-state index contributed by atoms with van der Waals surface area (Å²) in [7, 11) is -3.20. The number of carbonyl (C=O) groups is 1. The van der Waals surface area contributed by atoms with E-state index in [0.717, 1.165) is 36.2 Å². The number of nitrogens with zero attached hydrogens (tertiary/aromatic N) is 3. The van der Waals surface area contributed by atoms with E-state index in [1.54, 1.807) is 12.1 Å². The van der Waals surface area contributed by atoms with Crippen LogP contribution < -0.4 is 9.62 Å². The number of benzene rings is 2. The van der Waals surface area contributed by atoms with Crippen LogP contribution in [0.3, 0.4) is 0 Å². The normalized spacial score (nSPS) is 11.5. The number of ketones is 1. The van der Waals surface area contributed by atoms with Gasteiger partial charge >= 0.3 is 0 Å². The van der Waals surface area contributed by atoms with Gasteiger partial charge in [0, 0.05) is 36.4 Å². The molecule has 0 spiro atoms. The van der Waals surface area contributed by atoms with Crippen LogP contribution in [-0.4, -0.2) is 56.0 Å². The highest BCUT2D eigenvalue weighted by atomic mass is 32.2. The van der Waals surface area contributed by atoms with Crippen molar-refractivity contribution in [3.63, 3.8) is 0 Å². The maximum absolute atomic E-state index is 12.5. The van der Waals surface area contributed by atoms with E-state index in [0.29, 0.717) is 29.6 Å². The summed E-state index contributed by atoms with van der Waals surface area (Å²) in [6.45, 7) is 6.44. The summed E-state index contributed by atoms with van der Waals surface area (Å²) < 4.78 is 30.4. The third-order valence-electron chi connectivity index (χ3n) is 5.03. The lowest BCUT2D eigenvalue weighted by atomic mass is 10.1. The van der Waals surface area contributed by atoms with Crippen LogP contribution in [0.4, 0.5) is 5.69 Å². The predicted molar refractivity (Wildman–Crippen MR) is 131 cm³/mol. The number of rotatable bonds is 12. The quantitative estimate of drug-likeness (QED) is 0.304. The van der Waals surface area contributed by atoms with Gasteiger partial charge in [0.1, 0.15) is 0 Å². The number of carbonyl (C=O) groups excluding carboxylic acids is 1. The number of Topliss-reactive ketones (excluding diaryl/α,β-unsaturated/α-hetero) is 1. The van der Waals surface area contributed by atoms with Gasteiger partial charge in [-0.2, -0.15) is 0 Å². The molecule has 3 rings (SSSR count). The summed E-state index contributed by atoms with van der Waals surface area (Å²) in [5.41, 5.74) is 3.50. The van der Waals surface area contributed by atoms with Crippen LogP contribution in [-0.2, 0) is 16.4 Å². The summed E-state index contributed by atoms with van der Waals surface area (Å²) in [6, 6.07) is 15.1. The van der Waals surface area contributed by atoms with Gasteiger partial charge < -0.3 is 9.32 Å². The largest absolute Gasteiger partial charge is 0.411 e. The first-order chi connectivity index (χ1) is 15.8. The minimum absolute atomic E-state index is 0.0517. The second-order valence-electron chi connectivity index (χ2n) is 7.42. The van der Waals surface area contributed by atoms with Crippen LogP contribution in [0.15, 0.2) is 58.2 Å². The summed E-state index contributed by atoms with van der Waals surface area (Å²) in [6.07, 6.45) is 1.68. The Morgan fingerprint density at radius 2 is 1.70 bits per heavy atom. The van der Waals surface area contributed by atoms with E-state index >= 15 is 0 Å². The van der Waals surface area contributed by atoms with Crippen LogP contribution in [0.2, 0.25) is 0 Å². The van der Waals surface area contributed by atoms with Gasteiger partial charge in [-0.3, -0.25) is 4.79 Å². The highest BCUT2D eigenvalue weighted by molar-refractivity contribution is 7.99. The Morgan fingerprint density at radius 1 is 1.03 bits per heavy atom. The molecule has 0 fully saturated rings. The fourth-order valence-corrected chi connectivity index (χ4v) is 4.37. The van der Waals surface area contributed by atoms with Crippen molar-refractivity contribution in [2.45, 2.75) is 25.5 Å². The van der Waals surface area contributed by atoms with Crippen molar-refractivity contribution in [1.29, 1.82) is 0 Å². The van der Waals surface area contributed by atoms with E-state index in [-0.39, 0.29) is 11.5 Å². The van der Waals surface area contributed by atoms with E-state index in [1.807, 2.05) is 36.4 Å². The molecule has 1 N–H and O–H groups in total. The molecule has 0 bridgehead atoms. The zero-order valence-corrected chi connectivity index (χ0v) is 20.6. The molecule has 0 saturated carbocycles. The molecule has 8 nitrogen and oxygen atoms in total. The lowest BCUT2D eigenvalue weighted by Crippen LogP contribution is -2.24. The molecule has 1 heterocycles. The van der Waals surface area contributed by atoms with E-state index in [9.17, 15) is 13.2 Å². The molecule has 1 aromatic heterocycles. The van der Waals surface area contributed by atoms with Crippen molar-refractivity contribution >= 4 is 33.3 Å². The lowest BCUT2D eigenvalue weighted by Gasteiger charge is -2.20. The molecule has 0 aliphatic rings. The molecule has 0 radical (unpaired) electrons. The van der Waals surface area contributed by atoms with Gasteiger partial charge in [0.2, 0.25) is 15.9 Å². The average Bonchev–Trinajstić information content (AvgIpc) is 3.27. The standard InChI is InChI=1S/C23H28N4O4S2/c1-4-27(5-2)20-12-10-19(11-13-20)22-25-26-23(31-22)32-16-21(28)18-8-6-17(7-9-18)14-15-24-33(3,29)30/h6-13,24H,4-5,14-16H2,1-3H3. The Hall–Kier alpha value is -2.69. The second-order valence-corrected chi connectivity index (χ2v) is 10.2. The highest BCUT2D eigenvalue weighted by Gasteiger charge is 2.13. The third kappa shape index (κ3) is 7.41. The molecule has 33 heavy (non-hydrogen) atoms. The summed E-state index contributed by atoms with van der Waals surface area (Å²) >= 11 is 1.20. The number of anilines is 1. The number of thioether (sulfide) groups is 1. The minimum atomic E-state index is -3.20. The maximum atomic E-state index is 12.5. The molecule has 176 valence electrons. The van der Waals surface area contributed by atoms with Crippen LogP contribution >= 0.6 is 11.8 Å². The van der Waals surface area contributed by atoms with Crippen molar-refractivity contribution < 1.29 is 17.6 Å². The SMILES string of the molecule is CCN(CC)c1ccc(-c2nnc(SCC(=O)c3ccc(CCNS(C)(=O)=O)cc3)o2)cc1. The first-order valence-corrected chi connectivity index (χ1v) is 13.5. The van der Waals surface area contributed by atoms with E-state index in [2.05, 4.69) is 33.7 Å². The Kier molecular flexibility index (Phi) is 8.65. The molecule has 0 amide bonds. The molecular weight excluding hydrogens is 460 g/mol. The van der Waals surface area contributed by atoms with Gasteiger partial charge in [-0.15, -0.1) is 10.2 Å². The van der Waals surface area contributed by atoms with Crippen LogP contribution in [0, 0.1) is 0 Å². The van der Waals surface area contributed by atoms with Gasteiger partial charge in [-0.05, 0) is 50.1 Å². The molecule has 0 atom stereocenters. The number of hydrogen-bond acceptors (Lipinski definition) is 8. The highest BCUT2D eigenvalue weighted by Crippen LogP contribution is 2.26. The monoisotopic (exact) mass is 488 g/mol. The van der Waals surface area contributed by atoms with Crippen LogP contribution in [0.1, 0.15) is 29.8 Å². The number of sulfonamides is 1. The number of nitrogens with one attached hydrogen (secondary N) is 1. The fraction of sp³-hybridized carbons (Fsp3) is 0.348. The van der Waals surface area contributed by atoms with Gasteiger partial charge in [0.25, 0.3) is 5.22 Å². The van der Waals surface area contributed by atoms with E-state index in [1.165, 1.54) is 11.8 Å². The first-order valence-electron chi connectivity index (χ1n) is 10.7. The predicted octanol–water partition coefficient (Wildman–Crippen LogP) is 3.65.